The smallest absolute Gasteiger partial charge is 0.180 e. The molecule has 0 atom stereocenters. The Morgan fingerprint density at radius 2 is 1.66 bits per heavy atom. The van der Waals surface area contributed by atoms with E-state index in [1.807, 2.05) is 37.3 Å². The van der Waals surface area contributed by atoms with Crippen molar-refractivity contribution < 1.29 is 9.47 Å². The highest BCUT2D eigenvalue weighted by atomic mass is 35.5. The zero-order chi connectivity index (χ0) is 20.8. The van der Waals surface area contributed by atoms with Crippen LogP contribution in [0.15, 0.2) is 59.6 Å². The molecule has 0 N–H and O–H groups in total. The molecule has 29 heavy (non-hydrogen) atoms. The van der Waals surface area contributed by atoms with Gasteiger partial charge in [-0.3, -0.25) is 4.99 Å². The predicted octanol–water partition coefficient (Wildman–Crippen LogP) is 6.99. The molecule has 0 saturated carbocycles. The van der Waals surface area contributed by atoms with Gasteiger partial charge in [-0.2, -0.15) is 0 Å². The van der Waals surface area contributed by atoms with Gasteiger partial charge in [0, 0.05) is 6.21 Å². The van der Waals surface area contributed by atoms with Crippen molar-refractivity contribution in [1.82, 2.24) is 0 Å². The molecule has 0 aliphatic heterocycles. The number of aryl methyl sites for hydroxylation is 3. The minimum Gasteiger partial charge on any atom is -0.490 e. The molecule has 0 aliphatic rings. The first-order valence-corrected chi connectivity index (χ1v) is 10.1. The molecule has 4 heteroatoms. The van der Waals surface area contributed by atoms with E-state index in [-0.39, 0.29) is 0 Å². The molecule has 0 heterocycles. The van der Waals surface area contributed by atoms with Crippen molar-refractivity contribution in [3.63, 3.8) is 0 Å². The minimum atomic E-state index is 0.427. The number of nitrogens with zero attached hydrogens (tertiary/aromatic N) is 1. The van der Waals surface area contributed by atoms with E-state index >= 15 is 0 Å². The van der Waals surface area contributed by atoms with Crippen LogP contribution in [0.3, 0.4) is 0 Å². The molecule has 0 radical (unpaired) electrons. The van der Waals surface area contributed by atoms with E-state index in [4.69, 9.17) is 21.1 Å². The minimum absolute atomic E-state index is 0.427. The van der Waals surface area contributed by atoms with E-state index in [1.165, 1.54) is 16.7 Å². The van der Waals surface area contributed by atoms with Gasteiger partial charge in [0.05, 0.1) is 17.3 Å². The van der Waals surface area contributed by atoms with Gasteiger partial charge in [-0.1, -0.05) is 47.5 Å². The largest absolute Gasteiger partial charge is 0.490 e. The number of halogens is 1. The Hall–Kier alpha value is -2.78. The van der Waals surface area contributed by atoms with Crippen LogP contribution in [-0.4, -0.2) is 12.8 Å². The molecule has 3 nitrogen and oxygen atoms in total. The Morgan fingerprint density at radius 1 is 0.897 bits per heavy atom. The monoisotopic (exact) mass is 407 g/mol. The van der Waals surface area contributed by atoms with Gasteiger partial charge >= 0.3 is 0 Å². The van der Waals surface area contributed by atoms with Crippen molar-refractivity contribution in [3.05, 3.63) is 87.4 Å². The van der Waals surface area contributed by atoms with Crippen LogP contribution in [0.5, 0.6) is 11.5 Å². The number of hydrogen-bond donors (Lipinski definition) is 0. The fourth-order valence-electron chi connectivity index (χ4n) is 2.86. The third kappa shape index (κ3) is 5.61. The van der Waals surface area contributed by atoms with Crippen LogP contribution in [0.25, 0.3) is 0 Å². The third-order valence-electron chi connectivity index (χ3n) is 4.69. The highest BCUT2D eigenvalue weighted by Crippen LogP contribution is 2.37. The van der Waals surface area contributed by atoms with Gasteiger partial charge in [0.15, 0.2) is 11.5 Å². The van der Waals surface area contributed by atoms with E-state index < -0.39 is 0 Å². The van der Waals surface area contributed by atoms with Gasteiger partial charge in [-0.15, -0.1) is 0 Å². The number of hydrogen-bond acceptors (Lipinski definition) is 3. The summed E-state index contributed by atoms with van der Waals surface area (Å²) in [6, 6.07) is 18.1. The molecular formula is C25H26ClNO2. The fraction of sp³-hybridized carbons (Fsp3) is 0.240. The van der Waals surface area contributed by atoms with Crippen LogP contribution in [0.1, 0.15) is 34.7 Å². The second kappa shape index (κ2) is 9.62. The molecule has 0 fully saturated rings. The van der Waals surface area contributed by atoms with Gasteiger partial charge in [-0.05, 0) is 74.2 Å². The normalized spacial score (nSPS) is 11.1. The zero-order valence-corrected chi connectivity index (χ0v) is 18.1. The lowest BCUT2D eigenvalue weighted by atomic mass is 10.1. The lowest BCUT2D eigenvalue weighted by Gasteiger charge is -2.14. The maximum absolute atomic E-state index is 6.52. The molecule has 3 rings (SSSR count). The maximum atomic E-state index is 6.52. The van der Waals surface area contributed by atoms with Crippen molar-refractivity contribution in [2.24, 2.45) is 4.99 Å². The van der Waals surface area contributed by atoms with E-state index in [2.05, 4.69) is 50.0 Å². The summed E-state index contributed by atoms with van der Waals surface area (Å²) < 4.78 is 11.8. The number of ether oxygens (including phenoxy) is 2. The summed E-state index contributed by atoms with van der Waals surface area (Å²) in [4.78, 5) is 4.57. The molecule has 3 aromatic carbocycles. The second-order valence-electron chi connectivity index (χ2n) is 7.06. The molecule has 0 spiro atoms. The molecule has 0 amide bonds. The Bertz CT molecular complexity index is 1010. The van der Waals surface area contributed by atoms with Crippen molar-refractivity contribution in [2.75, 3.05) is 6.61 Å². The van der Waals surface area contributed by atoms with Crippen molar-refractivity contribution in [1.29, 1.82) is 0 Å². The first kappa shape index (κ1) is 20.9. The van der Waals surface area contributed by atoms with Crippen molar-refractivity contribution in [3.8, 4) is 11.5 Å². The lowest BCUT2D eigenvalue weighted by Crippen LogP contribution is -2.01. The van der Waals surface area contributed by atoms with E-state index in [1.54, 1.807) is 6.21 Å². The Balaban J connectivity index is 1.82. The molecule has 150 valence electrons. The molecule has 0 aliphatic carbocycles. The lowest BCUT2D eigenvalue weighted by molar-refractivity contribution is 0.269. The number of aliphatic imine (C=N–C) groups is 1. The van der Waals surface area contributed by atoms with Gasteiger partial charge in [0.2, 0.25) is 0 Å². The summed E-state index contributed by atoms with van der Waals surface area (Å²) in [6.07, 6.45) is 1.79. The standard InChI is InChI=1S/C25H26ClNO2/c1-5-28-24-14-21(15-27-22-11-8-18(3)19(4)12-22)13-23(26)25(24)29-16-20-9-6-17(2)7-10-20/h6-15H,5,16H2,1-4H3. The van der Waals surface area contributed by atoms with E-state index in [9.17, 15) is 0 Å². The van der Waals surface area contributed by atoms with Gasteiger partial charge in [0.1, 0.15) is 6.61 Å². The molecule has 0 aromatic heterocycles. The fourth-order valence-corrected chi connectivity index (χ4v) is 3.13. The Morgan fingerprint density at radius 3 is 2.34 bits per heavy atom. The van der Waals surface area contributed by atoms with Crippen molar-refractivity contribution >= 4 is 23.5 Å². The third-order valence-corrected chi connectivity index (χ3v) is 4.97. The van der Waals surface area contributed by atoms with Crippen molar-refractivity contribution in [2.45, 2.75) is 34.3 Å². The summed E-state index contributed by atoms with van der Waals surface area (Å²) in [6.45, 7) is 9.12. The van der Waals surface area contributed by atoms with Crippen LogP contribution in [0, 0.1) is 20.8 Å². The Labute approximate surface area is 178 Å². The number of benzene rings is 3. The van der Waals surface area contributed by atoms with Crippen LogP contribution in [0.2, 0.25) is 5.02 Å². The summed E-state index contributed by atoms with van der Waals surface area (Å²) >= 11 is 6.52. The van der Waals surface area contributed by atoms with E-state index in [0.29, 0.717) is 29.7 Å². The average Bonchev–Trinajstić information content (AvgIpc) is 2.70. The molecule has 0 bridgehead atoms. The highest BCUT2D eigenvalue weighted by Gasteiger charge is 2.12. The first-order valence-electron chi connectivity index (χ1n) is 9.72. The van der Waals surface area contributed by atoms with Crippen LogP contribution in [-0.2, 0) is 6.61 Å². The summed E-state index contributed by atoms with van der Waals surface area (Å²) in [5.41, 5.74) is 6.53. The van der Waals surface area contributed by atoms with Gasteiger partial charge in [-0.25, -0.2) is 0 Å². The molecular weight excluding hydrogens is 382 g/mol. The molecule has 0 unspecified atom stereocenters. The van der Waals surface area contributed by atoms with Gasteiger partial charge < -0.3 is 9.47 Å². The van der Waals surface area contributed by atoms with Crippen LogP contribution < -0.4 is 9.47 Å². The maximum Gasteiger partial charge on any atom is 0.180 e. The van der Waals surface area contributed by atoms with E-state index in [0.717, 1.165) is 16.8 Å². The Kier molecular flexibility index (Phi) is 6.95. The molecule has 0 saturated heterocycles. The molecule has 3 aromatic rings. The topological polar surface area (TPSA) is 30.8 Å². The number of rotatable bonds is 7. The predicted molar refractivity (Wildman–Crippen MR) is 121 cm³/mol. The SMILES string of the molecule is CCOc1cc(C=Nc2ccc(C)c(C)c2)cc(Cl)c1OCc1ccc(C)cc1. The van der Waals surface area contributed by atoms with Gasteiger partial charge in [0.25, 0.3) is 0 Å². The van der Waals surface area contributed by atoms with Crippen LogP contribution >= 0.6 is 11.6 Å². The second-order valence-corrected chi connectivity index (χ2v) is 7.47. The summed E-state index contributed by atoms with van der Waals surface area (Å²) in [7, 11) is 0. The highest BCUT2D eigenvalue weighted by molar-refractivity contribution is 6.32. The first-order chi connectivity index (χ1) is 14.0. The summed E-state index contributed by atoms with van der Waals surface area (Å²) in [5.74, 6) is 1.17. The average molecular weight is 408 g/mol. The summed E-state index contributed by atoms with van der Waals surface area (Å²) in [5, 5.41) is 0.504. The quantitative estimate of drug-likeness (QED) is 0.395. The van der Waals surface area contributed by atoms with Crippen LogP contribution in [0.4, 0.5) is 5.69 Å². The zero-order valence-electron chi connectivity index (χ0n) is 17.3.